The van der Waals surface area contributed by atoms with E-state index < -0.39 is 24.0 Å². The van der Waals surface area contributed by atoms with Crippen LogP contribution in [0.5, 0.6) is 0 Å². The number of esters is 2. The van der Waals surface area contributed by atoms with Crippen LogP contribution in [0, 0.1) is 0 Å². The Morgan fingerprint density at radius 2 is 1.83 bits per heavy atom. The van der Waals surface area contributed by atoms with Crippen molar-refractivity contribution in [3.63, 3.8) is 0 Å². The lowest BCUT2D eigenvalue weighted by molar-refractivity contribution is -0.139. The summed E-state index contributed by atoms with van der Waals surface area (Å²) >= 11 is 1.40. The zero-order chi connectivity index (χ0) is 21.7. The number of hydrogen-bond donors (Lipinski definition) is 2. The summed E-state index contributed by atoms with van der Waals surface area (Å²) in [6.45, 7) is 1.61. The quantitative estimate of drug-likeness (QED) is 0.657. The minimum atomic E-state index is -0.675. The third-order valence-electron chi connectivity index (χ3n) is 4.44. The lowest BCUT2D eigenvalue weighted by atomic mass is 10.0. The van der Waals surface area contributed by atoms with Gasteiger partial charge in [-0.2, -0.15) is 0 Å². The van der Waals surface area contributed by atoms with Gasteiger partial charge in [0.05, 0.1) is 29.5 Å². The molecule has 30 heavy (non-hydrogen) atoms. The Hall–Kier alpha value is -3.33. The van der Waals surface area contributed by atoms with E-state index in [1.54, 1.807) is 31.2 Å². The van der Waals surface area contributed by atoms with E-state index in [0.29, 0.717) is 5.56 Å². The molecule has 0 radical (unpaired) electrons. The second-order valence-corrected chi connectivity index (χ2v) is 7.66. The number of nitrogens with zero attached hydrogens (tertiary/aromatic N) is 1. The topological polar surface area (TPSA) is 97.0 Å². The molecule has 0 saturated heterocycles. The first-order chi connectivity index (χ1) is 14.4. The van der Waals surface area contributed by atoms with E-state index in [4.69, 9.17) is 9.47 Å². The molecular weight excluding hydrogens is 406 g/mol. The molecule has 2 amide bonds. The lowest BCUT2D eigenvalue weighted by Gasteiger charge is -2.28. The van der Waals surface area contributed by atoms with Gasteiger partial charge in [0.2, 0.25) is 0 Å². The van der Waals surface area contributed by atoms with Crippen molar-refractivity contribution in [1.82, 2.24) is 10.6 Å². The summed E-state index contributed by atoms with van der Waals surface area (Å²) in [7, 11) is 3.81. The summed E-state index contributed by atoms with van der Waals surface area (Å²) in [4.78, 5) is 40.0. The van der Waals surface area contributed by atoms with Crippen molar-refractivity contribution in [2.24, 2.45) is 0 Å². The maximum Gasteiger partial charge on any atom is 0.338 e. The van der Waals surface area contributed by atoms with Crippen LogP contribution >= 0.6 is 11.3 Å². The largest absolute Gasteiger partial charge is 0.463 e. The zero-order valence-corrected chi connectivity index (χ0v) is 17.7. The molecule has 0 fully saturated rings. The highest BCUT2D eigenvalue weighted by Crippen LogP contribution is 2.30. The minimum Gasteiger partial charge on any atom is -0.463 e. The van der Waals surface area contributed by atoms with Crippen molar-refractivity contribution in [3.8, 4) is 0 Å². The van der Waals surface area contributed by atoms with E-state index in [9.17, 15) is 14.4 Å². The molecule has 9 heteroatoms. The number of rotatable bonds is 7. The van der Waals surface area contributed by atoms with E-state index >= 15 is 0 Å². The highest BCUT2D eigenvalue weighted by atomic mass is 32.1. The van der Waals surface area contributed by atoms with Gasteiger partial charge >= 0.3 is 18.0 Å². The summed E-state index contributed by atoms with van der Waals surface area (Å²) < 4.78 is 10.6. The predicted molar refractivity (Wildman–Crippen MR) is 113 cm³/mol. The van der Waals surface area contributed by atoms with Crippen molar-refractivity contribution in [1.29, 1.82) is 0 Å². The Morgan fingerprint density at radius 1 is 1.10 bits per heavy atom. The van der Waals surface area contributed by atoms with Crippen molar-refractivity contribution in [2.45, 2.75) is 13.0 Å². The number of nitrogens with one attached hydrogen (secondary N) is 2. The average molecular weight is 429 g/mol. The first-order valence-electron chi connectivity index (χ1n) is 9.36. The molecule has 8 nitrogen and oxygen atoms in total. The molecule has 1 aliphatic heterocycles. The van der Waals surface area contributed by atoms with E-state index in [-0.39, 0.29) is 24.5 Å². The monoisotopic (exact) mass is 429 g/mol. The van der Waals surface area contributed by atoms with Gasteiger partial charge in [-0.1, -0.05) is 6.07 Å². The van der Waals surface area contributed by atoms with Crippen LogP contribution in [0.25, 0.3) is 0 Å². The molecule has 1 aromatic carbocycles. The molecule has 1 atom stereocenters. The Kier molecular flexibility index (Phi) is 6.73. The second-order valence-electron chi connectivity index (χ2n) is 6.68. The fourth-order valence-electron chi connectivity index (χ4n) is 2.97. The van der Waals surface area contributed by atoms with Crippen LogP contribution in [0.4, 0.5) is 10.5 Å². The number of benzene rings is 1. The molecule has 2 heterocycles. The van der Waals surface area contributed by atoms with Gasteiger partial charge in [-0.05, 0) is 42.6 Å². The van der Waals surface area contributed by atoms with Gasteiger partial charge in [-0.3, -0.25) is 0 Å². The zero-order valence-electron chi connectivity index (χ0n) is 16.9. The van der Waals surface area contributed by atoms with Crippen molar-refractivity contribution in [2.75, 3.05) is 32.2 Å². The van der Waals surface area contributed by atoms with E-state index in [1.165, 1.54) is 11.3 Å². The third kappa shape index (κ3) is 4.80. The molecule has 3 rings (SSSR count). The smallest absolute Gasteiger partial charge is 0.338 e. The first kappa shape index (κ1) is 21.4. The summed E-state index contributed by atoms with van der Waals surface area (Å²) in [6.07, 6.45) is 0. The van der Waals surface area contributed by atoms with Crippen LogP contribution in [0.1, 0.15) is 28.2 Å². The molecule has 158 valence electrons. The Bertz CT molecular complexity index is 952. The van der Waals surface area contributed by atoms with Gasteiger partial charge in [0.25, 0.3) is 0 Å². The maximum absolute atomic E-state index is 12.6. The highest BCUT2D eigenvalue weighted by Gasteiger charge is 2.34. The number of carbonyl (C=O) groups excluding carboxylic acids is 3. The maximum atomic E-state index is 12.6. The molecule has 1 aliphatic rings. The number of anilines is 1. The van der Waals surface area contributed by atoms with Gasteiger partial charge in [-0.15, -0.1) is 11.3 Å². The number of carbonyl (C=O) groups is 3. The van der Waals surface area contributed by atoms with Crippen molar-refractivity contribution >= 4 is 35.0 Å². The van der Waals surface area contributed by atoms with Crippen molar-refractivity contribution < 1.29 is 23.9 Å². The molecule has 0 bridgehead atoms. The number of thiophene rings is 1. The number of hydrogen-bond acceptors (Lipinski definition) is 7. The van der Waals surface area contributed by atoms with Crippen LogP contribution in [0.2, 0.25) is 0 Å². The summed E-state index contributed by atoms with van der Waals surface area (Å²) in [5.41, 5.74) is 1.74. The van der Waals surface area contributed by atoms with Gasteiger partial charge in [0, 0.05) is 24.7 Å². The van der Waals surface area contributed by atoms with Gasteiger partial charge in [-0.25, -0.2) is 14.4 Å². The highest BCUT2D eigenvalue weighted by molar-refractivity contribution is 7.10. The summed E-state index contributed by atoms with van der Waals surface area (Å²) in [5, 5.41) is 7.16. The van der Waals surface area contributed by atoms with Crippen LogP contribution in [0.3, 0.4) is 0 Å². The number of urea groups is 1. The molecular formula is C21H23N3O5S. The Balaban J connectivity index is 1.84. The normalized spacial score (nSPS) is 15.8. The van der Waals surface area contributed by atoms with Crippen LogP contribution in [-0.4, -0.2) is 45.3 Å². The predicted octanol–water partition coefficient (Wildman–Crippen LogP) is 2.84. The molecule has 1 aromatic heterocycles. The molecule has 0 saturated carbocycles. The molecule has 0 aliphatic carbocycles. The third-order valence-corrected chi connectivity index (χ3v) is 5.38. The fourth-order valence-corrected chi connectivity index (χ4v) is 3.75. The van der Waals surface area contributed by atoms with E-state index in [2.05, 4.69) is 10.6 Å². The average Bonchev–Trinajstić information content (AvgIpc) is 3.26. The molecule has 2 N–H and O–H groups in total. The Morgan fingerprint density at radius 3 is 2.43 bits per heavy atom. The van der Waals surface area contributed by atoms with E-state index in [0.717, 1.165) is 10.6 Å². The van der Waals surface area contributed by atoms with Crippen molar-refractivity contribution in [3.05, 3.63) is 63.5 Å². The van der Waals surface area contributed by atoms with Crippen LogP contribution in [-0.2, 0) is 14.3 Å². The number of amides is 2. The number of ether oxygens (including phenoxy) is 2. The first-order valence-corrected chi connectivity index (χ1v) is 10.2. The summed E-state index contributed by atoms with van der Waals surface area (Å²) in [6, 6.07) is 9.41. The lowest BCUT2D eigenvalue weighted by Crippen LogP contribution is -2.46. The van der Waals surface area contributed by atoms with Crippen LogP contribution in [0.15, 0.2) is 53.0 Å². The fraction of sp³-hybridized carbons (Fsp3) is 0.286. The van der Waals surface area contributed by atoms with E-state index in [1.807, 2.05) is 36.5 Å². The standard InChI is InChI=1S/C21H23N3O5S/c1-4-28-20(26)17-15(22-21(27)23-18(17)16-6-5-11-30-16)12-29-19(25)13-7-9-14(10-8-13)24(2)3/h5-11,18H,4,12H2,1-3H3,(H2,22,23,27)/t18-/m1/s1. The minimum absolute atomic E-state index is 0.179. The molecule has 0 unspecified atom stereocenters. The Labute approximate surface area is 178 Å². The van der Waals surface area contributed by atoms with Gasteiger partial charge < -0.3 is 25.0 Å². The van der Waals surface area contributed by atoms with Gasteiger partial charge in [0.1, 0.15) is 6.61 Å². The van der Waals surface area contributed by atoms with Crippen LogP contribution < -0.4 is 15.5 Å². The molecule has 2 aromatic rings. The summed E-state index contributed by atoms with van der Waals surface area (Å²) in [5.74, 6) is -1.14. The molecule has 0 spiro atoms. The SMILES string of the molecule is CCOC(=O)C1=C(COC(=O)c2ccc(N(C)C)cc2)NC(=O)N[C@@H]1c1cccs1. The second kappa shape index (κ2) is 9.45. The van der Waals surface area contributed by atoms with Gasteiger partial charge in [0.15, 0.2) is 0 Å².